The molecule has 0 spiro atoms. The van der Waals surface area contributed by atoms with E-state index >= 15 is 0 Å². The molecule has 1 N–H and O–H groups in total. The molecule has 1 saturated heterocycles. The van der Waals surface area contributed by atoms with Crippen LogP contribution in [-0.4, -0.2) is 22.0 Å². The molecule has 3 heterocycles. The number of H-pyrrole nitrogens is 1. The van der Waals surface area contributed by atoms with E-state index in [9.17, 15) is 18.8 Å². The molecule has 2 bridgehead atoms. The van der Waals surface area contributed by atoms with Crippen LogP contribution in [0.3, 0.4) is 0 Å². The summed E-state index contributed by atoms with van der Waals surface area (Å²) in [6.45, 7) is 0. The fourth-order valence-electron chi connectivity index (χ4n) is 7.63. The number of carbonyl (C=O) groups excluding carboxylic acids is 2. The molecule has 2 aliphatic carbocycles. The summed E-state index contributed by atoms with van der Waals surface area (Å²) < 4.78 is 19.7. The van der Waals surface area contributed by atoms with Crippen LogP contribution in [0.25, 0.3) is 0 Å². The Morgan fingerprint density at radius 3 is 2.35 bits per heavy atom. The number of anilines is 1. The molecule has 8 rings (SSSR count). The van der Waals surface area contributed by atoms with Crippen molar-refractivity contribution < 1.29 is 18.7 Å². The van der Waals surface area contributed by atoms with Crippen LogP contribution in [0.2, 0.25) is 0 Å². The zero-order chi connectivity index (χ0) is 27.1. The molecule has 0 radical (unpaired) electrons. The lowest BCUT2D eigenvalue weighted by molar-refractivity contribution is -0.123. The predicted molar refractivity (Wildman–Crippen MR) is 150 cm³/mol. The second-order valence-electron chi connectivity index (χ2n) is 10.9. The van der Waals surface area contributed by atoms with E-state index in [0.29, 0.717) is 11.4 Å². The number of hydrogen-bond acceptors (Lipinski definition) is 6. The molecular formula is C31H23FN2O4S2. The summed E-state index contributed by atoms with van der Waals surface area (Å²) in [4.78, 5) is 45.3. The third kappa shape index (κ3) is 3.50. The third-order valence-electron chi connectivity index (χ3n) is 9.00. The van der Waals surface area contributed by atoms with Crippen molar-refractivity contribution in [2.45, 2.75) is 22.6 Å². The Hall–Kier alpha value is -3.69. The van der Waals surface area contributed by atoms with Gasteiger partial charge in [-0.05, 0) is 78.3 Å². The number of aromatic nitrogens is 1. The zero-order valence-corrected chi connectivity index (χ0v) is 22.7. The van der Waals surface area contributed by atoms with Gasteiger partial charge in [-0.2, -0.15) is 0 Å². The topological polar surface area (TPSA) is 79.5 Å². The van der Waals surface area contributed by atoms with Crippen LogP contribution in [-0.2, 0) is 9.59 Å². The van der Waals surface area contributed by atoms with Gasteiger partial charge >= 0.3 is 4.87 Å². The van der Waals surface area contributed by atoms with Crippen LogP contribution in [0, 0.1) is 35.4 Å². The molecule has 1 aromatic heterocycles. The number of fused-ring (bicyclic) bond motifs is 9. The Labute approximate surface area is 237 Å². The molecular weight excluding hydrogens is 547 g/mol. The highest BCUT2D eigenvalue weighted by Crippen LogP contribution is 2.68. The number of thiazole rings is 1. The molecule has 9 heteroatoms. The van der Waals surface area contributed by atoms with Crippen LogP contribution >= 0.6 is 23.1 Å². The van der Waals surface area contributed by atoms with Crippen molar-refractivity contribution in [2.24, 2.45) is 29.6 Å². The minimum absolute atomic E-state index is 0.00319. The van der Waals surface area contributed by atoms with E-state index in [0.717, 1.165) is 27.6 Å². The maximum atomic E-state index is 13.8. The largest absolute Gasteiger partial charge is 0.457 e. The van der Waals surface area contributed by atoms with E-state index in [2.05, 4.69) is 11.1 Å². The van der Waals surface area contributed by atoms with Gasteiger partial charge in [-0.25, -0.2) is 4.39 Å². The predicted octanol–water partition coefficient (Wildman–Crippen LogP) is 6.05. The molecule has 5 unspecified atom stereocenters. The van der Waals surface area contributed by atoms with Gasteiger partial charge in [-0.1, -0.05) is 41.7 Å². The van der Waals surface area contributed by atoms with Gasteiger partial charge in [0.2, 0.25) is 11.8 Å². The van der Waals surface area contributed by atoms with Crippen LogP contribution in [0.4, 0.5) is 10.1 Å². The number of hydrogen-bond donors (Lipinski definition) is 1. The van der Waals surface area contributed by atoms with E-state index in [1.54, 1.807) is 11.8 Å². The number of carbonyl (C=O) groups is 2. The van der Waals surface area contributed by atoms with E-state index in [1.165, 1.54) is 40.5 Å². The fraction of sp³-hybridized carbons (Fsp3) is 0.258. The summed E-state index contributed by atoms with van der Waals surface area (Å²) in [5, 5.41) is 0.963. The summed E-state index contributed by atoms with van der Waals surface area (Å²) in [6.07, 6.45) is 0.808. The molecule has 200 valence electrons. The minimum Gasteiger partial charge on any atom is -0.457 e. The number of para-hydroxylation sites is 1. The van der Waals surface area contributed by atoms with Gasteiger partial charge in [-0.3, -0.25) is 19.3 Å². The number of aromatic amines is 1. The van der Waals surface area contributed by atoms with Crippen molar-refractivity contribution in [3.63, 3.8) is 0 Å². The van der Waals surface area contributed by atoms with Gasteiger partial charge in [0.25, 0.3) is 0 Å². The zero-order valence-electron chi connectivity index (χ0n) is 21.0. The highest BCUT2D eigenvalue weighted by atomic mass is 32.2. The SMILES string of the molecule is O=C1C2C(C(=O)N1c1ccc(F)cc1)[C@@H]1C[C@H]2C2Sc3[nH]c(=O)sc3C(c3cccc(Oc4ccccc4)c3)C21. The Kier molecular flexibility index (Phi) is 5.37. The lowest BCUT2D eigenvalue weighted by Gasteiger charge is -2.43. The maximum absolute atomic E-state index is 13.8. The van der Waals surface area contributed by atoms with E-state index in [1.807, 2.05) is 48.5 Å². The number of amides is 2. The standard InChI is InChI=1S/C31H23FN2O4S2/c32-16-9-11-17(12-10-16)34-29(35)24-20-14-21(25(24)30(34)36)26-23(20)22(27-28(39-26)33-31(37)40-27)15-5-4-8-19(13-15)38-18-6-2-1-3-7-18/h1-13,20-26H,14H2,(H,33,37)/t20-,21-,22?,23?,24?,25?,26?/m1/s1. The molecule has 40 heavy (non-hydrogen) atoms. The molecule has 4 aromatic rings. The number of rotatable bonds is 4. The van der Waals surface area contributed by atoms with Crippen LogP contribution < -0.4 is 14.5 Å². The fourth-order valence-corrected chi connectivity index (χ4v) is 10.5. The summed E-state index contributed by atoms with van der Waals surface area (Å²) in [7, 11) is 0. The van der Waals surface area contributed by atoms with Gasteiger partial charge in [-0.15, -0.1) is 11.8 Å². The quantitative estimate of drug-likeness (QED) is 0.303. The molecule has 3 fully saturated rings. The number of halogens is 1. The first-order valence-electron chi connectivity index (χ1n) is 13.3. The second kappa shape index (κ2) is 8.91. The number of thioether (sulfide) groups is 1. The second-order valence-corrected chi connectivity index (χ2v) is 13.1. The molecule has 6 nitrogen and oxygen atoms in total. The van der Waals surface area contributed by atoms with Crippen LogP contribution in [0.1, 0.15) is 22.8 Å². The highest BCUT2D eigenvalue weighted by molar-refractivity contribution is 8.00. The van der Waals surface area contributed by atoms with E-state index in [4.69, 9.17) is 4.74 Å². The van der Waals surface area contributed by atoms with E-state index in [-0.39, 0.29) is 45.6 Å². The number of nitrogens with one attached hydrogen (secondary N) is 1. The summed E-state index contributed by atoms with van der Waals surface area (Å²) in [5.74, 6) is -0.121. The molecule has 2 saturated carbocycles. The molecule has 2 amide bonds. The summed E-state index contributed by atoms with van der Waals surface area (Å²) in [5.41, 5.74) is 1.46. The van der Waals surface area contributed by atoms with Crippen molar-refractivity contribution in [2.75, 3.05) is 4.90 Å². The highest BCUT2D eigenvalue weighted by Gasteiger charge is 2.69. The van der Waals surface area contributed by atoms with Gasteiger partial charge in [0.15, 0.2) is 0 Å². The van der Waals surface area contributed by atoms with Crippen molar-refractivity contribution >= 4 is 40.6 Å². The summed E-state index contributed by atoms with van der Waals surface area (Å²) >= 11 is 2.89. The van der Waals surface area contributed by atoms with Crippen molar-refractivity contribution in [3.05, 3.63) is 105 Å². The third-order valence-corrected chi connectivity index (χ3v) is 11.6. The molecule has 3 aromatic carbocycles. The Bertz CT molecular complexity index is 1720. The summed E-state index contributed by atoms with van der Waals surface area (Å²) in [6, 6.07) is 23.1. The first kappa shape index (κ1) is 24.1. The minimum atomic E-state index is -0.410. The normalized spacial score (nSPS) is 29.8. The van der Waals surface area contributed by atoms with Gasteiger partial charge in [0.05, 0.1) is 22.5 Å². The van der Waals surface area contributed by atoms with Gasteiger partial charge < -0.3 is 9.72 Å². The van der Waals surface area contributed by atoms with Crippen LogP contribution in [0.5, 0.6) is 11.5 Å². The number of imide groups is 1. The first-order valence-corrected chi connectivity index (χ1v) is 15.0. The van der Waals surface area contributed by atoms with Crippen molar-refractivity contribution in [3.8, 4) is 11.5 Å². The Balaban J connectivity index is 1.19. The first-order chi connectivity index (χ1) is 19.5. The Morgan fingerprint density at radius 2 is 1.57 bits per heavy atom. The molecule has 4 aliphatic rings. The molecule has 7 atom stereocenters. The van der Waals surface area contributed by atoms with Crippen molar-refractivity contribution in [1.82, 2.24) is 4.98 Å². The van der Waals surface area contributed by atoms with E-state index < -0.39 is 17.7 Å². The lowest BCUT2D eigenvalue weighted by Crippen LogP contribution is -2.42. The number of ether oxygens (including phenoxy) is 1. The number of benzene rings is 3. The van der Waals surface area contributed by atoms with Gasteiger partial charge in [0.1, 0.15) is 17.3 Å². The molecule has 2 aliphatic heterocycles. The van der Waals surface area contributed by atoms with Crippen LogP contribution in [0.15, 0.2) is 88.7 Å². The monoisotopic (exact) mass is 570 g/mol. The average Bonchev–Trinajstić information content (AvgIpc) is 3.69. The average molecular weight is 571 g/mol. The number of nitrogens with zero attached hydrogens (tertiary/aromatic N) is 1. The van der Waals surface area contributed by atoms with Gasteiger partial charge in [0, 0.05) is 16.0 Å². The smallest absolute Gasteiger partial charge is 0.305 e. The lowest BCUT2D eigenvalue weighted by atomic mass is 9.68. The Morgan fingerprint density at radius 1 is 0.850 bits per heavy atom. The maximum Gasteiger partial charge on any atom is 0.305 e. The van der Waals surface area contributed by atoms with Crippen molar-refractivity contribution in [1.29, 1.82) is 0 Å².